The topological polar surface area (TPSA) is 102 Å². The van der Waals surface area contributed by atoms with Crippen molar-refractivity contribution in [3.05, 3.63) is 46.1 Å². The molecule has 0 unspecified atom stereocenters. The number of nitrogens with zero attached hydrogens (tertiary/aromatic N) is 2. The van der Waals surface area contributed by atoms with Crippen molar-refractivity contribution in [3.63, 3.8) is 0 Å². The van der Waals surface area contributed by atoms with Crippen LogP contribution in [0.15, 0.2) is 29.1 Å². The lowest BCUT2D eigenvalue weighted by atomic mass is 10.2. The molecule has 142 valence electrons. The van der Waals surface area contributed by atoms with Crippen LogP contribution in [0.25, 0.3) is 0 Å². The van der Waals surface area contributed by atoms with Gasteiger partial charge < -0.3 is 15.4 Å². The Morgan fingerprint density at radius 2 is 2.07 bits per heavy atom. The first kappa shape index (κ1) is 18.6. The maximum absolute atomic E-state index is 12.2. The van der Waals surface area contributed by atoms with Gasteiger partial charge in [0.25, 0.3) is 5.91 Å². The van der Waals surface area contributed by atoms with E-state index in [-0.39, 0.29) is 23.9 Å². The zero-order chi connectivity index (χ0) is 19.6. The summed E-state index contributed by atoms with van der Waals surface area (Å²) in [4.78, 5) is 39.7. The fourth-order valence-corrected chi connectivity index (χ4v) is 2.95. The molecular weight excluding hydrogens is 348 g/mol. The van der Waals surface area contributed by atoms with Crippen LogP contribution in [0.2, 0.25) is 0 Å². The van der Waals surface area contributed by atoms with Crippen LogP contribution in [-0.2, 0) is 16.1 Å². The van der Waals surface area contributed by atoms with E-state index in [1.807, 2.05) is 13.0 Å². The van der Waals surface area contributed by atoms with E-state index in [1.165, 1.54) is 0 Å². The first-order chi connectivity index (χ1) is 12.8. The average molecular weight is 370 g/mol. The Bertz CT molecular complexity index is 951. The van der Waals surface area contributed by atoms with Gasteiger partial charge >= 0.3 is 5.69 Å². The molecule has 2 amide bonds. The molecule has 0 aliphatic carbocycles. The van der Waals surface area contributed by atoms with Gasteiger partial charge in [-0.1, -0.05) is 0 Å². The SMILES string of the molecule is Cc1cc(C)n(CCCC(=O)Nc2ccc3c(c2)NC(=O)[C@H](C)O3)c(=O)n1. The van der Waals surface area contributed by atoms with Crippen molar-refractivity contribution < 1.29 is 14.3 Å². The Morgan fingerprint density at radius 1 is 1.30 bits per heavy atom. The molecule has 1 aromatic carbocycles. The fraction of sp³-hybridized carbons (Fsp3) is 0.368. The quantitative estimate of drug-likeness (QED) is 0.838. The van der Waals surface area contributed by atoms with Crippen molar-refractivity contribution in [2.75, 3.05) is 10.6 Å². The second-order valence-electron chi connectivity index (χ2n) is 6.59. The number of fused-ring (bicyclic) bond motifs is 1. The second-order valence-corrected chi connectivity index (χ2v) is 6.59. The summed E-state index contributed by atoms with van der Waals surface area (Å²) in [5, 5.41) is 5.54. The fourth-order valence-electron chi connectivity index (χ4n) is 2.95. The van der Waals surface area contributed by atoms with Gasteiger partial charge in [0, 0.05) is 30.0 Å². The maximum atomic E-state index is 12.2. The number of nitrogens with one attached hydrogen (secondary N) is 2. The number of carbonyl (C=O) groups excluding carboxylic acids is 2. The predicted molar refractivity (Wildman–Crippen MR) is 101 cm³/mol. The number of carbonyl (C=O) groups is 2. The third-order valence-corrected chi connectivity index (χ3v) is 4.33. The van der Waals surface area contributed by atoms with Crippen LogP contribution in [0, 0.1) is 13.8 Å². The molecule has 0 saturated carbocycles. The van der Waals surface area contributed by atoms with Gasteiger partial charge in [-0.15, -0.1) is 0 Å². The van der Waals surface area contributed by atoms with Crippen molar-refractivity contribution in [2.24, 2.45) is 0 Å². The first-order valence-electron chi connectivity index (χ1n) is 8.80. The van der Waals surface area contributed by atoms with E-state index in [4.69, 9.17) is 4.74 Å². The number of aromatic nitrogens is 2. The van der Waals surface area contributed by atoms with Gasteiger partial charge in [-0.05, 0) is 51.5 Å². The minimum atomic E-state index is -0.541. The van der Waals surface area contributed by atoms with Crippen LogP contribution in [0.5, 0.6) is 5.75 Å². The number of benzene rings is 1. The van der Waals surface area contributed by atoms with E-state index >= 15 is 0 Å². The van der Waals surface area contributed by atoms with Gasteiger partial charge in [0.15, 0.2) is 6.10 Å². The Balaban J connectivity index is 1.57. The molecular formula is C19H22N4O4. The molecule has 2 heterocycles. The van der Waals surface area contributed by atoms with Crippen LogP contribution in [-0.4, -0.2) is 27.5 Å². The molecule has 8 heteroatoms. The lowest BCUT2D eigenvalue weighted by Crippen LogP contribution is -2.34. The Hall–Kier alpha value is -3.16. The van der Waals surface area contributed by atoms with Crippen molar-refractivity contribution in [3.8, 4) is 5.75 Å². The summed E-state index contributed by atoms with van der Waals surface area (Å²) in [7, 11) is 0. The Morgan fingerprint density at radius 3 is 2.81 bits per heavy atom. The molecule has 0 bridgehead atoms. The average Bonchev–Trinajstić information content (AvgIpc) is 2.58. The van der Waals surface area contributed by atoms with Crippen LogP contribution < -0.4 is 21.1 Å². The summed E-state index contributed by atoms with van der Waals surface area (Å²) in [5.74, 6) is 0.178. The molecule has 1 atom stereocenters. The van der Waals surface area contributed by atoms with E-state index in [0.29, 0.717) is 35.8 Å². The number of amides is 2. The lowest BCUT2D eigenvalue weighted by Gasteiger charge is -2.23. The van der Waals surface area contributed by atoms with Crippen molar-refractivity contribution in [1.82, 2.24) is 9.55 Å². The minimum Gasteiger partial charge on any atom is -0.479 e. The standard InChI is InChI=1S/C19H22N4O4/c1-11-9-12(2)23(19(26)20-11)8-4-5-17(24)21-14-6-7-16-15(10-14)22-18(25)13(3)27-16/h6-7,9-10,13H,4-5,8H2,1-3H3,(H,21,24)(H,22,25)/t13-/m0/s1. The molecule has 0 saturated heterocycles. The highest BCUT2D eigenvalue weighted by Gasteiger charge is 2.23. The predicted octanol–water partition coefficient (Wildman–Crippen LogP) is 2.00. The molecule has 0 fully saturated rings. The van der Waals surface area contributed by atoms with Gasteiger partial charge in [0.05, 0.1) is 5.69 Å². The third-order valence-electron chi connectivity index (χ3n) is 4.33. The molecule has 8 nitrogen and oxygen atoms in total. The second kappa shape index (κ2) is 7.61. The smallest absolute Gasteiger partial charge is 0.347 e. The molecule has 27 heavy (non-hydrogen) atoms. The van der Waals surface area contributed by atoms with Crippen LogP contribution >= 0.6 is 0 Å². The molecule has 0 radical (unpaired) electrons. The van der Waals surface area contributed by atoms with Crippen molar-refractivity contribution in [2.45, 2.75) is 46.3 Å². The number of rotatable bonds is 5. The van der Waals surface area contributed by atoms with Gasteiger partial charge in [0.1, 0.15) is 5.75 Å². The largest absolute Gasteiger partial charge is 0.479 e. The summed E-state index contributed by atoms with van der Waals surface area (Å²) in [6.45, 7) is 5.72. The zero-order valence-corrected chi connectivity index (χ0v) is 15.5. The van der Waals surface area contributed by atoms with Gasteiger partial charge in [-0.25, -0.2) is 4.79 Å². The first-order valence-corrected chi connectivity index (χ1v) is 8.80. The third kappa shape index (κ3) is 4.33. The summed E-state index contributed by atoms with van der Waals surface area (Å²) < 4.78 is 7.05. The molecule has 2 aromatic rings. The minimum absolute atomic E-state index is 0.169. The molecule has 3 rings (SSSR count). The normalized spacial score (nSPS) is 15.5. The number of ether oxygens (including phenoxy) is 1. The van der Waals surface area contributed by atoms with E-state index < -0.39 is 6.10 Å². The zero-order valence-electron chi connectivity index (χ0n) is 15.5. The lowest BCUT2D eigenvalue weighted by molar-refractivity contribution is -0.122. The van der Waals surface area contributed by atoms with Crippen molar-refractivity contribution in [1.29, 1.82) is 0 Å². The Kier molecular flexibility index (Phi) is 5.25. The summed E-state index contributed by atoms with van der Waals surface area (Å²) in [5.41, 5.74) is 2.32. The molecule has 1 aliphatic rings. The summed E-state index contributed by atoms with van der Waals surface area (Å²) in [6, 6.07) is 6.93. The van der Waals surface area contributed by atoms with Crippen LogP contribution in [0.4, 0.5) is 11.4 Å². The highest BCUT2D eigenvalue weighted by atomic mass is 16.5. The monoisotopic (exact) mass is 370 g/mol. The maximum Gasteiger partial charge on any atom is 0.347 e. The number of hydrogen-bond acceptors (Lipinski definition) is 5. The number of anilines is 2. The number of aryl methyl sites for hydroxylation is 2. The van der Waals surface area contributed by atoms with E-state index in [2.05, 4.69) is 15.6 Å². The van der Waals surface area contributed by atoms with Gasteiger partial charge in [-0.2, -0.15) is 4.98 Å². The van der Waals surface area contributed by atoms with E-state index in [1.54, 1.807) is 36.6 Å². The molecule has 0 spiro atoms. The molecule has 1 aromatic heterocycles. The molecule has 1 aliphatic heterocycles. The van der Waals surface area contributed by atoms with E-state index in [9.17, 15) is 14.4 Å². The summed E-state index contributed by atoms with van der Waals surface area (Å²) >= 11 is 0. The van der Waals surface area contributed by atoms with Crippen molar-refractivity contribution >= 4 is 23.2 Å². The molecule has 2 N–H and O–H groups in total. The van der Waals surface area contributed by atoms with Gasteiger partial charge in [0.2, 0.25) is 5.91 Å². The highest BCUT2D eigenvalue weighted by Crippen LogP contribution is 2.32. The van der Waals surface area contributed by atoms with Crippen LogP contribution in [0.1, 0.15) is 31.2 Å². The van der Waals surface area contributed by atoms with Crippen LogP contribution in [0.3, 0.4) is 0 Å². The Labute approximate surface area is 156 Å². The highest BCUT2D eigenvalue weighted by molar-refractivity contribution is 5.99. The summed E-state index contributed by atoms with van der Waals surface area (Å²) in [6.07, 6.45) is 0.233. The van der Waals surface area contributed by atoms with E-state index in [0.717, 1.165) is 5.69 Å². The number of hydrogen-bond donors (Lipinski definition) is 2. The van der Waals surface area contributed by atoms with Gasteiger partial charge in [-0.3, -0.25) is 14.2 Å².